The third-order valence-corrected chi connectivity index (χ3v) is 4.20. The van der Waals surface area contributed by atoms with Crippen LogP contribution in [0.2, 0.25) is 0 Å². The molecule has 0 radical (unpaired) electrons. The number of carboxylic acids is 1. The first-order valence-corrected chi connectivity index (χ1v) is 6.60. The van der Waals surface area contributed by atoms with Crippen LogP contribution in [0.5, 0.6) is 0 Å². The van der Waals surface area contributed by atoms with E-state index < -0.39 is 28.5 Å². The summed E-state index contributed by atoms with van der Waals surface area (Å²) < 4.78 is 29.5. The molecule has 0 aromatic heterocycles. The molecule has 1 aromatic carbocycles. The summed E-state index contributed by atoms with van der Waals surface area (Å²) in [6, 6.07) is 5.45. The van der Waals surface area contributed by atoms with Crippen LogP contribution < -0.4 is 0 Å². The predicted molar refractivity (Wildman–Crippen MR) is 65.2 cm³/mol. The van der Waals surface area contributed by atoms with Gasteiger partial charge in [-0.15, -0.1) is 0 Å². The van der Waals surface area contributed by atoms with Crippen LogP contribution in [0.25, 0.3) is 0 Å². The van der Waals surface area contributed by atoms with Gasteiger partial charge in [-0.25, -0.2) is 13.2 Å². The van der Waals surface area contributed by atoms with Crippen molar-refractivity contribution in [2.45, 2.75) is 4.90 Å². The third-order valence-electron chi connectivity index (χ3n) is 2.34. The highest BCUT2D eigenvalue weighted by atomic mass is 32.2. The van der Waals surface area contributed by atoms with Gasteiger partial charge in [-0.3, -0.25) is 4.79 Å². The Hall–Kier alpha value is -1.93. The van der Waals surface area contributed by atoms with Crippen LogP contribution >= 0.6 is 0 Å². The first kappa shape index (κ1) is 15.1. The first-order valence-electron chi connectivity index (χ1n) is 5.16. The second kappa shape index (κ2) is 5.81. The molecule has 0 fully saturated rings. The van der Waals surface area contributed by atoms with Crippen molar-refractivity contribution in [1.82, 2.24) is 4.31 Å². The highest BCUT2D eigenvalue weighted by Gasteiger charge is 2.27. The maximum absolute atomic E-state index is 12.2. The van der Waals surface area contributed by atoms with Crippen molar-refractivity contribution in [2.24, 2.45) is 0 Å². The fraction of sp³-hybridized carbons (Fsp3) is 0.273. The Kier molecular flexibility index (Phi) is 4.62. The van der Waals surface area contributed by atoms with E-state index in [2.05, 4.69) is 4.74 Å². The minimum absolute atomic E-state index is 0.137. The number of hydrogen-bond donors (Lipinski definition) is 1. The lowest BCUT2D eigenvalue weighted by Gasteiger charge is -2.16. The molecular weight excluding hydrogens is 274 g/mol. The fourth-order valence-electron chi connectivity index (χ4n) is 1.41. The molecule has 0 saturated heterocycles. The highest BCUT2D eigenvalue weighted by molar-refractivity contribution is 7.89. The van der Waals surface area contributed by atoms with Gasteiger partial charge in [-0.05, 0) is 12.1 Å². The van der Waals surface area contributed by atoms with Crippen LogP contribution in [0.15, 0.2) is 29.2 Å². The van der Waals surface area contributed by atoms with Crippen LogP contribution in [0.3, 0.4) is 0 Å². The van der Waals surface area contributed by atoms with Gasteiger partial charge in [0.2, 0.25) is 10.0 Å². The van der Waals surface area contributed by atoms with Crippen LogP contribution in [-0.4, -0.2) is 50.5 Å². The summed E-state index contributed by atoms with van der Waals surface area (Å²) in [6.07, 6.45) is 0. The number of sulfonamides is 1. The molecule has 0 saturated carbocycles. The van der Waals surface area contributed by atoms with E-state index in [-0.39, 0.29) is 10.5 Å². The molecule has 1 N–H and O–H groups in total. The summed E-state index contributed by atoms with van der Waals surface area (Å²) in [5, 5.41) is 8.62. The number of nitrogens with zero attached hydrogens (tertiary/aromatic N) is 1. The van der Waals surface area contributed by atoms with Crippen molar-refractivity contribution in [1.29, 1.82) is 0 Å². The number of ether oxygens (including phenoxy) is 1. The van der Waals surface area contributed by atoms with E-state index in [9.17, 15) is 18.0 Å². The maximum Gasteiger partial charge on any atom is 0.339 e. The monoisotopic (exact) mass is 287 g/mol. The number of methoxy groups -OCH3 is 1. The molecular formula is C11H13NO6S. The third kappa shape index (κ3) is 3.30. The van der Waals surface area contributed by atoms with E-state index in [4.69, 9.17) is 5.11 Å². The van der Waals surface area contributed by atoms with Crippen LogP contribution in [-0.2, 0) is 19.6 Å². The number of rotatable bonds is 5. The molecule has 0 amide bonds. The summed E-state index contributed by atoms with van der Waals surface area (Å²) in [4.78, 5) is 21.8. The molecule has 1 aromatic rings. The molecule has 104 valence electrons. The largest absolute Gasteiger partial charge is 0.480 e. The van der Waals surface area contributed by atoms with E-state index in [0.29, 0.717) is 4.31 Å². The molecule has 8 heteroatoms. The minimum Gasteiger partial charge on any atom is -0.480 e. The number of hydrogen-bond acceptors (Lipinski definition) is 5. The average Bonchev–Trinajstić information content (AvgIpc) is 2.37. The Bertz CT molecular complexity index is 595. The Labute approximate surface area is 110 Å². The summed E-state index contributed by atoms with van der Waals surface area (Å²) in [5.74, 6) is -2.09. The fourth-order valence-corrected chi connectivity index (χ4v) is 2.71. The molecule has 1 rings (SSSR count). The molecule has 0 aliphatic carbocycles. The van der Waals surface area contributed by atoms with Gasteiger partial charge in [0.1, 0.15) is 6.54 Å². The molecule has 0 bridgehead atoms. The molecule has 19 heavy (non-hydrogen) atoms. The van der Waals surface area contributed by atoms with Gasteiger partial charge in [-0.2, -0.15) is 4.31 Å². The topological polar surface area (TPSA) is 101 Å². The minimum atomic E-state index is -4.07. The van der Waals surface area contributed by atoms with Crippen molar-refractivity contribution in [3.8, 4) is 0 Å². The second-order valence-corrected chi connectivity index (χ2v) is 5.66. The zero-order valence-electron chi connectivity index (χ0n) is 10.4. The number of carbonyl (C=O) groups is 2. The van der Waals surface area contributed by atoms with Crippen molar-refractivity contribution in [2.75, 3.05) is 20.7 Å². The van der Waals surface area contributed by atoms with E-state index in [1.807, 2.05) is 0 Å². The Morgan fingerprint density at radius 2 is 1.89 bits per heavy atom. The van der Waals surface area contributed by atoms with Crippen molar-refractivity contribution < 1.29 is 27.9 Å². The van der Waals surface area contributed by atoms with Gasteiger partial charge in [0.05, 0.1) is 17.6 Å². The molecule has 0 aliphatic heterocycles. The van der Waals surface area contributed by atoms with Crippen LogP contribution in [0, 0.1) is 0 Å². The predicted octanol–water partition coefficient (Wildman–Crippen LogP) is 0.178. The van der Waals surface area contributed by atoms with E-state index in [0.717, 1.165) is 14.2 Å². The van der Waals surface area contributed by atoms with Crippen molar-refractivity contribution in [3.63, 3.8) is 0 Å². The molecule has 7 nitrogen and oxygen atoms in total. The highest BCUT2D eigenvalue weighted by Crippen LogP contribution is 2.19. The summed E-state index contributed by atoms with van der Waals surface area (Å²) in [5.41, 5.74) is -0.137. The van der Waals surface area contributed by atoms with Gasteiger partial charge in [-0.1, -0.05) is 12.1 Å². The normalized spacial score (nSPS) is 11.3. The van der Waals surface area contributed by atoms with Gasteiger partial charge < -0.3 is 9.84 Å². The standard InChI is InChI=1S/C11H13NO6S/c1-12(7-10(13)14)19(16,17)9-6-4-3-5-8(9)11(15)18-2/h3-6H,7H2,1-2H3,(H,13,14). The molecule has 0 atom stereocenters. The second-order valence-electron chi connectivity index (χ2n) is 3.64. The lowest BCUT2D eigenvalue weighted by molar-refractivity contribution is -0.137. The van der Waals surface area contributed by atoms with E-state index >= 15 is 0 Å². The Balaban J connectivity index is 3.29. The molecule has 0 heterocycles. The Morgan fingerprint density at radius 1 is 1.32 bits per heavy atom. The van der Waals surface area contributed by atoms with Gasteiger partial charge in [0.25, 0.3) is 0 Å². The maximum atomic E-state index is 12.2. The number of carboxylic acid groups (broad SMARTS) is 1. The van der Waals surface area contributed by atoms with E-state index in [1.54, 1.807) is 0 Å². The summed E-state index contributed by atoms with van der Waals surface area (Å²) in [7, 11) is -1.81. The number of esters is 1. The average molecular weight is 287 g/mol. The smallest absolute Gasteiger partial charge is 0.339 e. The molecule has 0 unspecified atom stereocenters. The number of benzene rings is 1. The zero-order valence-corrected chi connectivity index (χ0v) is 11.2. The molecule has 0 aliphatic rings. The van der Waals surface area contributed by atoms with Gasteiger partial charge in [0, 0.05) is 7.05 Å². The van der Waals surface area contributed by atoms with Gasteiger partial charge >= 0.3 is 11.9 Å². The van der Waals surface area contributed by atoms with Crippen molar-refractivity contribution in [3.05, 3.63) is 29.8 Å². The quantitative estimate of drug-likeness (QED) is 0.775. The number of carbonyl (C=O) groups excluding carboxylic acids is 1. The molecule has 0 spiro atoms. The lowest BCUT2D eigenvalue weighted by Crippen LogP contribution is -2.33. The zero-order chi connectivity index (χ0) is 14.6. The SMILES string of the molecule is COC(=O)c1ccccc1S(=O)(=O)N(C)CC(=O)O. The lowest BCUT2D eigenvalue weighted by atomic mass is 10.2. The summed E-state index contributed by atoms with van der Waals surface area (Å²) in [6.45, 7) is -0.697. The van der Waals surface area contributed by atoms with Gasteiger partial charge in [0.15, 0.2) is 0 Å². The van der Waals surface area contributed by atoms with Crippen molar-refractivity contribution >= 4 is 22.0 Å². The summed E-state index contributed by atoms with van der Waals surface area (Å²) >= 11 is 0. The van der Waals surface area contributed by atoms with Crippen LogP contribution in [0.1, 0.15) is 10.4 Å². The Morgan fingerprint density at radius 3 is 2.42 bits per heavy atom. The number of likely N-dealkylation sites (N-methyl/N-ethyl adjacent to an activating group) is 1. The first-order chi connectivity index (χ1) is 8.80. The van der Waals surface area contributed by atoms with Crippen LogP contribution in [0.4, 0.5) is 0 Å². The number of aliphatic carboxylic acids is 1. The van der Waals surface area contributed by atoms with E-state index in [1.165, 1.54) is 24.3 Å².